The van der Waals surface area contributed by atoms with Crippen molar-refractivity contribution in [3.05, 3.63) is 35.9 Å². The van der Waals surface area contributed by atoms with Crippen molar-refractivity contribution in [2.45, 2.75) is 44.4 Å². The Bertz CT molecular complexity index is 703. The molecule has 5 nitrogen and oxygen atoms in total. The van der Waals surface area contributed by atoms with Gasteiger partial charge in [-0.1, -0.05) is 30.3 Å². The van der Waals surface area contributed by atoms with Crippen molar-refractivity contribution in [3.63, 3.8) is 0 Å². The fourth-order valence-electron chi connectivity index (χ4n) is 3.60. The highest BCUT2D eigenvalue weighted by atomic mass is 32.2. The van der Waals surface area contributed by atoms with Crippen molar-refractivity contribution in [1.82, 2.24) is 5.43 Å². The van der Waals surface area contributed by atoms with Gasteiger partial charge in [0.1, 0.15) is 0 Å². The Morgan fingerprint density at radius 1 is 1.12 bits per heavy atom. The van der Waals surface area contributed by atoms with Gasteiger partial charge in [-0.15, -0.1) is 0 Å². The minimum absolute atomic E-state index is 0.0518. The van der Waals surface area contributed by atoms with Gasteiger partial charge >= 0.3 is 0 Å². The van der Waals surface area contributed by atoms with Gasteiger partial charge in [0.15, 0.2) is 9.84 Å². The molecule has 0 bridgehead atoms. The van der Waals surface area contributed by atoms with E-state index < -0.39 is 9.84 Å². The first kappa shape index (κ1) is 17.1. The van der Waals surface area contributed by atoms with Crippen LogP contribution in [-0.2, 0) is 14.6 Å². The molecule has 1 N–H and O–H groups in total. The molecule has 1 saturated carbocycles. The minimum Gasteiger partial charge on any atom is -0.273 e. The first-order valence-electron chi connectivity index (χ1n) is 8.61. The Hall–Kier alpha value is -1.69. The highest BCUT2D eigenvalue weighted by Crippen LogP contribution is 2.31. The molecule has 2 aliphatic rings. The number of sulfone groups is 1. The zero-order valence-electron chi connectivity index (χ0n) is 13.8. The molecule has 24 heavy (non-hydrogen) atoms. The summed E-state index contributed by atoms with van der Waals surface area (Å²) in [4.78, 5) is 11.9. The van der Waals surface area contributed by atoms with Gasteiger partial charge in [0.25, 0.3) is 0 Å². The first-order chi connectivity index (χ1) is 11.5. The van der Waals surface area contributed by atoms with Gasteiger partial charge in [-0.3, -0.25) is 4.79 Å². The average Bonchev–Trinajstić information content (AvgIpc) is 2.93. The number of rotatable bonds is 4. The van der Waals surface area contributed by atoms with Crippen molar-refractivity contribution < 1.29 is 13.2 Å². The standard InChI is InChI=1S/C18H24N2O3S/c21-18(12-14-10-11-24(22,23)13-14)20-19-17-8-6-16(7-9-17)15-4-2-1-3-5-15/h1-5,14,16H,6-13H2,(H,20,21)/t14-,16?/m1/s1. The highest BCUT2D eigenvalue weighted by molar-refractivity contribution is 7.91. The molecule has 1 aromatic rings. The Morgan fingerprint density at radius 3 is 2.46 bits per heavy atom. The van der Waals surface area contributed by atoms with Crippen LogP contribution in [0.1, 0.15) is 50.0 Å². The molecular weight excluding hydrogens is 324 g/mol. The highest BCUT2D eigenvalue weighted by Gasteiger charge is 2.29. The molecule has 1 saturated heterocycles. The van der Waals surface area contributed by atoms with E-state index in [-0.39, 0.29) is 29.8 Å². The van der Waals surface area contributed by atoms with Crippen molar-refractivity contribution in [1.29, 1.82) is 0 Å². The molecular formula is C18H24N2O3S. The Labute approximate surface area is 143 Å². The zero-order chi connectivity index (χ0) is 17.0. The predicted octanol–water partition coefficient (Wildman–Crippen LogP) is 2.64. The maximum absolute atomic E-state index is 11.9. The molecule has 0 aromatic heterocycles. The molecule has 0 radical (unpaired) electrons. The second-order valence-corrected chi connectivity index (χ2v) is 9.10. The van der Waals surface area contributed by atoms with Gasteiger partial charge in [0.2, 0.25) is 5.91 Å². The number of hydrogen-bond acceptors (Lipinski definition) is 4. The van der Waals surface area contributed by atoms with Crippen LogP contribution in [0.5, 0.6) is 0 Å². The summed E-state index contributed by atoms with van der Waals surface area (Å²) in [5.74, 6) is 0.694. The van der Waals surface area contributed by atoms with Crippen LogP contribution in [0.15, 0.2) is 35.4 Å². The van der Waals surface area contributed by atoms with Gasteiger partial charge < -0.3 is 0 Å². The Kier molecular flexibility index (Phi) is 5.33. The van der Waals surface area contributed by atoms with E-state index in [9.17, 15) is 13.2 Å². The summed E-state index contributed by atoms with van der Waals surface area (Å²) in [6.45, 7) is 0. The smallest absolute Gasteiger partial charge is 0.240 e. The van der Waals surface area contributed by atoms with E-state index >= 15 is 0 Å². The summed E-state index contributed by atoms with van der Waals surface area (Å²) in [6.07, 6.45) is 4.75. The van der Waals surface area contributed by atoms with Gasteiger partial charge in [0.05, 0.1) is 11.5 Å². The van der Waals surface area contributed by atoms with Crippen LogP contribution in [-0.4, -0.2) is 31.5 Å². The lowest BCUT2D eigenvalue weighted by Crippen LogP contribution is -2.24. The average molecular weight is 348 g/mol. The second kappa shape index (κ2) is 7.47. The molecule has 2 fully saturated rings. The quantitative estimate of drug-likeness (QED) is 0.850. The number of nitrogens with one attached hydrogen (secondary N) is 1. The maximum atomic E-state index is 11.9. The lowest BCUT2D eigenvalue weighted by atomic mass is 9.83. The van der Waals surface area contributed by atoms with Crippen LogP contribution in [0.4, 0.5) is 0 Å². The monoisotopic (exact) mass is 348 g/mol. The topological polar surface area (TPSA) is 75.6 Å². The third-order valence-corrected chi connectivity index (χ3v) is 6.81. The molecule has 6 heteroatoms. The molecule has 1 aromatic carbocycles. The molecule has 1 atom stereocenters. The molecule has 1 aliphatic carbocycles. The molecule has 1 amide bonds. The fraction of sp³-hybridized carbons (Fsp3) is 0.556. The summed E-state index contributed by atoms with van der Waals surface area (Å²) >= 11 is 0. The number of amides is 1. The minimum atomic E-state index is -2.92. The van der Waals surface area contributed by atoms with E-state index in [0.29, 0.717) is 12.3 Å². The van der Waals surface area contributed by atoms with Gasteiger partial charge in [-0.05, 0) is 49.5 Å². The van der Waals surface area contributed by atoms with Crippen molar-refractivity contribution in [3.8, 4) is 0 Å². The molecule has 0 unspecified atom stereocenters. The van der Waals surface area contributed by atoms with E-state index in [4.69, 9.17) is 0 Å². The molecule has 1 heterocycles. The number of carbonyl (C=O) groups excluding carboxylic acids is 1. The van der Waals surface area contributed by atoms with E-state index in [2.05, 4.69) is 34.8 Å². The largest absolute Gasteiger partial charge is 0.273 e. The van der Waals surface area contributed by atoms with E-state index in [1.165, 1.54) is 5.56 Å². The van der Waals surface area contributed by atoms with Crippen molar-refractivity contribution in [2.24, 2.45) is 11.0 Å². The van der Waals surface area contributed by atoms with Crippen molar-refractivity contribution in [2.75, 3.05) is 11.5 Å². The second-order valence-electron chi connectivity index (χ2n) is 6.87. The van der Waals surface area contributed by atoms with E-state index in [1.54, 1.807) is 0 Å². The Morgan fingerprint density at radius 2 is 1.83 bits per heavy atom. The number of carbonyl (C=O) groups is 1. The summed E-state index contributed by atoms with van der Waals surface area (Å²) < 4.78 is 22.8. The SMILES string of the molecule is O=C(C[C@H]1CCS(=O)(=O)C1)NN=C1CCC(c2ccccc2)CC1. The van der Waals surface area contributed by atoms with Crippen molar-refractivity contribution >= 4 is 21.5 Å². The lowest BCUT2D eigenvalue weighted by Gasteiger charge is -2.23. The van der Waals surface area contributed by atoms with Gasteiger partial charge in [0, 0.05) is 12.1 Å². The third-order valence-electron chi connectivity index (χ3n) is 4.97. The molecule has 0 spiro atoms. The first-order valence-corrected chi connectivity index (χ1v) is 10.4. The predicted molar refractivity (Wildman–Crippen MR) is 94.6 cm³/mol. The Balaban J connectivity index is 1.44. The lowest BCUT2D eigenvalue weighted by molar-refractivity contribution is -0.121. The van der Waals surface area contributed by atoms with Crippen LogP contribution >= 0.6 is 0 Å². The number of nitrogens with zero attached hydrogens (tertiary/aromatic N) is 1. The van der Waals surface area contributed by atoms with Crippen LogP contribution in [0.2, 0.25) is 0 Å². The molecule has 3 rings (SSSR count). The maximum Gasteiger partial charge on any atom is 0.240 e. The van der Waals surface area contributed by atoms with E-state index in [1.807, 2.05) is 6.07 Å². The van der Waals surface area contributed by atoms with Gasteiger partial charge in [-0.25, -0.2) is 13.8 Å². The summed E-state index contributed by atoms with van der Waals surface area (Å²) in [6, 6.07) is 10.5. The fourth-order valence-corrected chi connectivity index (χ4v) is 5.47. The van der Waals surface area contributed by atoms with Crippen LogP contribution in [0, 0.1) is 5.92 Å². The zero-order valence-corrected chi connectivity index (χ0v) is 14.6. The molecule has 130 valence electrons. The number of benzene rings is 1. The number of hydrazone groups is 1. The summed E-state index contributed by atoms with van der Waals surface area (Å²) in [5, 5.41) is 4.26. The van der Waals surface area contributed by atoms with Gasteiger partial charge in [-0.2, -0.15) is 5.10 Å². The summed E-state index contributed by atoms with van der Waals surface area (Å²) in [5.41, 5.74) is 5.03. The molecule has 1 aliphatic heterocycles. The third kappa shape index (κ3) is 4.66. The number of hydrogen-bond donors (Lipinski definition) is 1. The van der Waals surface area contributed by atoms with Crippen LogP contribution in [0.25, 0.3) is 0 Å². The van der Waals surface area contributed by atoms with Crippen LogP contribution < -0.4 is 5.43 Å². The normalized spacial score (nSPS) is 26.1. The van der Waals surface area contributed by atoms with E-state index in [0.717, 1.165) is 31.4 Å². The summed E-state index contributed by atoms with van der Waals surface area (Å²) in [7, 11) is -2.92. The van der Waals surface area contributed by atoms with Crippen LogP contribution in [0.3, 0.4) is 0 Å².